The summed E-state index contributed by atoms with van der Waals surface area (Å²) in [6.07, 6.45) is 3.28. The summed E-state index contributed by atoms with van der Waals surface area (Å²) in [7, 11) is 0. The molecule has 1 aromatic carbocycles. The Bertz CT molecular complexity index is 1050. The molecule has 4 heterocycles. The first-order valence-electron chi connectivity index (χ1n) is 8.98. The molecule has 2 saturated heterocycles. The number of hydrogen-bond acceptors (Lipinski definition) is 6. The summed E-state index contributed by atoms with van der Waals surface area (Å²) in [6.45, 7) is 3.45. The zero-order valence-electron chi connectivity index (χ0n) is 14.6. The van der Waals surface area contributed by atoms with E-state index in [0.717, 1.165) is 48.7 Å². The van der Waals surface area contributed by atoms with Gasteiger partial charge in [-0.2, -0.15) is 5.26 Å². The Morgan fingerprint density at radius 1 is 0.963 bits per heavy atom. The van der Waals surface area contributed by atoms with Crippen LogP contribution in [-0.2, 0) is 0 Å². The van der Waals surface area contributed by atoms with Crippen molar-refractivity contribution < 1.29 is 4.39 Å². The van der Waals surface area contributed by atoms with Crippen LogP contribution in [0.15, 0.2) is 42.9 Å². The molecule has 0 spiro atoms. The minimum absolute atomic E-state index is 0.275. The third-order valence-corrected chi connectivity index (χ3v) is 5.57. The molecule has 2 atom stereocenters. The molecule has 3 aromatic rings. The molecule has 2 fully saturated rings. The summed E-state index contributed by atoms with van der Waals surface area (Å²) >= 11 is 0. The average molecular weight is 360 g/mol. The maximum Gasteiger partial charge on any atom is 0.146 e. The minimum Gasteiger partial charge on any atom is -0.355 e. The molecule has 0 bridgehead atoms. The highest BCUT2D eigenvalue weighted by molar-refractivity contribution is 5.89. The van der Waals surface area contributed by atoms with Crippen LogP contribution >= 0.6 is 0 Å². The van der Waals surface area contributed by atoms with Gasteiger partial charge in [-0.05, 0) is 30.3 Å². The van der Waals surface area contributed by atoms with E-state index in [1.54, 1.807) is 24.7 Å². The Hall–Kier alpha value is -3.27. The summed E-state index contributed by atoms with van der Waals surface area (Å²) in [4.78, 5) is 17.5. The van der Waals surface area contributed by atoms with E-state index in [0.29, 0.717) is 17.4 Å². The average Bonchev–Trinajstić information content (AvgIpc) is 3.26. The van der Waals surface area contributed by atoms with Gasteiger partial charge in [0.1, 0.15) is 29.8 Å². The second kappa shape index (κ2) is 6.16. The molecule has 0 aliphatic carbocycles. The number of benzene rings is 1. The number of aromatic nitrogens is 3. The van der Waals surface area contributed by atoms with Gasteiger partial charge in [-0.3, -0.25) is 0 Å². The van der Waals surface area contributed by atoms with Crippen molar-refractivity contribution >= 4 is 22.5 Å². The molecule has 27 heavy (non-hydrogen) atoms. The van der Waals surface area contributed by atoms with E-state index in [1.807, 2.05) is 6.07 Å². The lowest BCUT2D eigenvalue weighted by Crippen LogP contribution is -2.30. The summed E-state index contributed by atoms with van der Waals surface area (Å²) in [6, 6.07) is 10.5. The van der Waals surface area contributed by atoms with Crippen LogP contribution in [0.25, 0.3) is 10.9 Å². The van der Waals surface area contributed by atoms with Crippen LogP contribution in [0.3, 0.4) is 0 Å². The number of nitrogens with zero attached hydrogens (tertiary/aromatic N) is 6. The number of nitriles is 1. The highest BCUT2D eigenvalue weighted by atomic mass is 19.1. The van der Waals surface area contributed by atoms with Crippen molar-refractivity contribution in [2.75, 3.05) is 36.0 Å². The van der Waals surface area contributed by atoms with Gasteiger partial charge >= 0.3 is 0 Å². The van der Waals surface area contributed by atoms with Gasteiger partial charge in [0.25, 0.3) is 0 Å². The van der Waals surface area contributed by atoms with Gasteiger partial charge in [0.05, 0.1) is 11.1 Å². The Labute approximate surface area is 155 Å². The predicted molar refractivity (Wildman–Crippen MR) is 99.9 cm³/mol. The van der Waals surface area contributed by atoms with Crippen molar-refractivity contribution in [3.8, 4) is 6.07 Å². The van der Waals surface area contributed by atoms with Gasteiger partial charge in [0.2, 0.25) is 0 Å². The summed E-state index contributed by atoms with van der Waals surface area (Å²) in [5, 5.41) is 10.1. The van der Waals surface area contributed by atoms with Crippen LogP contribution in [0.1, 0.15) is 5.56 Å². The third kappa shape index (κ3) is 2.65. The highest BCUT2D eigenvalue weighted by Gasteiger charge is 2.41. The van der Waals surface area contributed by atoms with Gasteiger partial charge in [-0.15, -0.1) is 0 Å². The van der Waals surface area contributed by atoms with Gasteiger partial charge in [-0.1, -0.05) is 0 Å². The molecular formula is C20H17FN6. The zero-order chi connectivity index (χ0) is 18.4. The Balaban J connectivity index is 1.39. The van der Waals surface area contributed by atoms with E-state index in [4.69, 9.17) is 0 Å². The maximum absolute atomic E-state index is 13.7. The minimum atomic E-state index is -0.275. The molecule has 0 saturated carbocycles. The van der Waals surface area contributed by atoms with E-state index in [2.05, 4.69) is 30.8 Å². The van der Waals surface area contributed by atoms with Crippen molar-refractivity contribution in [1.29, 1.82) is 5.26 Å². The van der Waals surface area contributed by atoms with E-state index in [9.17, 15) is 9.65 Å². The molecule has 2 aliphatic heterocycles. The van der Waals surface area contributed by atoms with E-state index in [-0.39, 0.29) is 5.82 Å². The fraction of sp³-hybridized carbons (Fsp3) is 0.300. The van der Waals surface area contributed by atoms with Gasteiger partial charge in [0, 0.05) is 49.6 Å². The van der Waals surface area contributed by atoms with Crippen molar-refractivity contribution in [3.63, 3.8) is 0 Å². The Kier molecular flexibility index (Phi) is 3.64. The lowest BCUT2D eigenvalue weighted by atomic mass is 10.0. The monoisotopic (exact) mass is 360 g/mol. The fourth-order valence-corrected chi connectivity index (χ4v) is 4.34. The van der Waals surface area contributed by atoms with E-state index in [1.165, 1.54) is 12.1 Å². The fourth-order valence-electron chi connectivity index (χ4n) is 4.34. The van der Waals surface area contributed by atoms with Crippen LogP contribution in [0, 0.1) is 29.0 Å². The molecule has 2 aromatic heterocycles. The van der Waals surface area contributed by atoms with Crippen molar-refractivity contribution in [2.45, 2.75) is 0 Å². The number of anilines is 2. The summed E-state index contributed by atoms with van der Waals surface area (Å²) in [5.41, 5.74) is 1.37. The summed E-state index contributed by atoms with van der Waals surface area (Å²) < 4.78 is 13.7. The van der Waals surface area contributed by atoms with Gasteiger partial charge < -0.3 is 9.80 Å². The quantitative estimate of drug-likeness (QED) is 0.700. The molecule has 6 nitrogen and oxygen atoms in total. The standard InChI is InChI=1S/C20H17FN6/c21-16-3-4-18-17(6-16)20(25-12-24-18)27-10-14-8-26(9-15(14)11-27)19-13(7-22)2-1-5-23-19/h1-6,12,14-15H,8-11H2. The summed E-state index contributed by atoms with van der Waals surface area (Å²) in [5.74, 6) is 2.24. The SMILES string of the molecule is N#Cc1cccnc1N1CC2CN(c3ncnc4ccc(F)cc34)CC2C1. The molecule has 5 rings (SSSR count). The first-order chi connectivity index (χ1) is 13.2. The predicted octanol–water partition coefficient (Wildman–Crippen LogP) is 2.61. The first-order valence-corrected chi connectivity index (χ1v) is 8.98. The van der Waals surface area contributed by atoms with Crippen LogP contribution in [0.5, 0.6) is 0 Å². The van der Waals surface area contributed by atoms with Crippen LogP contribution in [0.2, 0.25) is 0 Å². The molecule has 0 N–H and O–H groups in total. The second-order valence-electron chi connectivity index (χ2n) is 7.18. The van der Waals surface area contributed by atoms with Crippen LogP contribution < -0.4 is 9.80 Å². The van der Waals surface area contributed by atoms with Gasteiger partial charge in [-0.25, -0.2) is 19.3 Å². The van der Waals surface area contributed by atoms with Gasteiger partial charge in [0.15, 0.2) is 0 Å². The molecular weight excluding hydrogens is 343 g/mol. The number of fused-ring (bicyclic) bond motifs is 2. The lowest BCUT2D eigenvalue weighted by molar-refractivity contribution is 0.533. The van der Waals surface area contributed by atoms with Crippen molar-refractivity contribution in [3.05, 3.63) is 54.2 Å². The molecule has 134 valence electrons. The zero-order valence-corrected chi connectivity index (χ0v) is 14.6. The number of pyridine rings is 1. The van der Waals surface area contributed by atoms with Crippen LogP contribution in [0.4, 0.5) is 16.0 Å². The van der Waals surface area contributed by atoms with E-state index >= 15 is 0 Å². The normalized spacial score (nSPS) is 21.5. The number of rotatable bonds is 2. The number of hydrogen-bond donors (Lipinski definition) is 0. The van der Waals surface area contributed by atoms with Crippen molar-refractivity contribution in [2.24, 2.45) is 11.8 Å². The molecule has 7 heteroatoms. The molecule has 2 aliphatic rings. The molecule has 0 amide bonds. The van der Waals surface area contributed by atoms with E-state index < -0.39 is 0 Å². The van der Waals surface area contributed by atoms with Crippen LogP contribution in [-0.4, -0.2) is 41.1 Å². The first kappa shape index (κ1) is 15.9. The molecule has 0 radical (unpaired) electrons. The second-order valence-corrected chi connectivity index (χ2v) is 7.18. The highest BCUT2D eigenvalue weighted by Crippen LogP contribution is 2.37. The van der Waals surface area contributed by atoms with Crippen molar-refractivity contribution in [1.82, 2.24) is 15.0 Å². The lowest BCUT2D eigenvalue weighted by Gasteiger charge is -2.24. The Morgan fingerprint density at radius 3 is 2.44 bits per heavy atom. The third-order valence-electron chi connectivity index (χ3n) is 5.57. The smallest absolute Gasteiger partial charge is 0.146 e. The largest absolute Gasteiger partial charge is 0.355 e. The Morgan fingerprint density at radius 2 is 1.70 bits per heavy atom. The maximum atomic E-state index is 13.7. The molecule has 2 unspecified atom stereocenters. The number of halogens is 1. The topological polar surface area (TPSA) is 68.9 Å².